The molecule has 2 aliphatic heterocycles. The average molecular weight is 154 g/mol. The predicted molar refractivity (Wildman–Crippen MR) is 46.6 cm³/mol. The van der Waals surface area contributed by atoms with Gasteiger partial charge in [-0.15, -0.1) is 0 Å². The van der Waals surface area contributed by atoms with Gasteiger partial charge in [0.15, 0.2) is 0 Å². The van der Waals surface area contributed by atoms with Crippen LogP contribution in [-0.2, 0) is 0 Å². The van der Waals surface area contributed by atoms with E-state index in [2.05, 4.69) is 31.4 Å². The quantitative estimate of drug-likeness (QED) is 0.537. The fraction of sp³-hybridized carbons (Fsp3) is 1.00. The highest BCUT2D eigenvalue weighted by Crippen LogP contribution is 2.31. The Kier molecular flexibility index (Phi) is 1.52. The van der Waals surface area contributed by atoms with Gasteiger partial charge in [0.2, 0.25) is 0 Å². The Morgan fingerprint density at radius 2 is 2.00 bits per heavy atom. The van der Waals surface area contributed by atoms with Crippen LogP contribution in [0.1, 0.15) is 27.2 Å². The van der Waals surface area contributed by atoms with E-state index >= 15 is 0 Å². The van der Waals surface area contributed by atoms with Gasteiger partial charge in [-0.25, -0.2) is 0 Å². The van der Waals surface area contributed by atoms with Crippen LogP contribution in [0.4, 0.5) is 0 Å². The van der Waals surface area contributed by atoms with Gasteiger partial charge in [-0.1, -0.05) is 20.8 Å². The van der Waals surface area contributed by atoms with Crippen LogP contribution in [0.5, 0.6) is 0 Å². The number of hydrogen-bond acceptors (Lipinski definition) is 2. The summed E-state index contributed by atoms with van der Waals surface area (Å²) in [5, 5.41) is 7.22. The van der Waals surface area contributed by atoms with Gasteiger partial charge in [0.1, 0.15) is 0 Å². The molecular weight excluding hydrogens is 136 g/mol. The molecule has 64 valence electrons. The Balaban J connectivity index is 2.08. The summed E-state index contributed by atoms with van der Waals surface area (Å²) in [7, 11) is 0. The molecule has 2 aliphatic rings. The third-order valence-electron chi connectivity index (χ3n) is 2.92. The summed E-state index contributed by atoms with van der Waals surface area (Å²) in [5.41, 5.74) is 0.410. The molecule has 2 nitrogen and oxygen atoms in total. The molecule has 0 amide bonds. The van der Waals surface area contributed by atoms with Crippen molar-refractivity contribution in [2.24, 2.45) is 5.41 Å². The molecule has 0 aromatic carbocycles. The first-order valence-corrected chi connectivity index (χ1v) is 4.57. The van der Waals surface area contributed by atoms with Crippen LogP contribution < -0.4 is 10.6 Å². The first kappa shape index (κ1) is 7.56. The summed E-state index contributed by atoms with van der Waals surface area (Å²) in [6, 6.07) is 2.17. The molecule has 3 unspecified atom stereocenters. The van der Waals surface area contributed by atoms with Crippen LogP contribution in [0.2, 0.25) is 0 Å². The van der Waals surface area contributed by atoms with Crippen molar-refractivity contribution in [1.82, 2.24) is 10.6 Å². The Hall–Kier alpha value is -0.0800. The second-order valence-corrected chi connectivity index (χ2v) is 4.96. The molecule has 11 heavy (non-hydrogen) atoms. The fourth-order valence-electron chi connectivity index (χ4n) is 2.37. The van der Waals surface area contributed by atoms with E-state index in [1.165, 1.54) is 13.0 Å². The van der Waals surface area contributed by atoms with Gasteiger partial charge < -0.3 is 10.6 Å². The molecule has 3 atom stereocenters. The number of nitrogens with one attached hydrogen (secondary N) is 2. The number of fused-ring (bicyclic) bond motifs is 2. The van der Waals surface area contributed by atoms with Crippen LogP contribution in [0.3, 0.4) is 0 Å². The zero-order chi connectivity index (χ0) is 8.06. The van der Waals surface area contributed by atoms with E-state index in [9.17, 15) is 0 Å². The minimum Gasteiger partial charge on any atom is -0.311 e. The molecule has 2 heterocycles. The van der Waals surface area contributed by atoms with Crippen LogP contribution in [-0.4, -0.2) is 24.7 Å². The zero-order valence-corrected chi connectivity index (χ0v) is 7.65. The molecule has 0 aliphatic carbocycles. The zero-order valence-electron chi connectivity index (χ0n) is 7.65. The molecule has 2 fully saturated rings. The van der Waals surface area contributed by atoms with E-state index in [0.29, 0.717) is 11.5 Å². The van der Waals surface area contributed by atoms with Crippen molar-refractivity contribution in [3.05, 3.63) is 0 Å². The molecule has 0 aromatic heterocycles. The van der Waals surface area contributed by atoms with Crippen molar-refractivity contribution < 1.29 is 0 Å². The first-order valence-electron chi connectivity index (χ1n) is 4.57. The van der Waals surface area contributed by atoms with Crippen molar-refractivity contribution in [2.75, 3.05) is 6.54 Å². The number of piperazine rings is 1. The van der Waals surface area contributed by atoms with Crippen molar-refractivity contribution >= 4 is 0 Å². The minimum atomic E-state index is 0.410. The lowest BCUT2D eigenvalue weighted by atomic mass is 9.83. The molecule has 2 bridgehead atoms. The lowest BCUT2D eigenvalue weighted by Crippen LogP contribution is -2.54. The third kappa shape index (κ3) is 1.18. The maximum atomic E-state index is 3.67. The van der Waals surface area contributed by atoms with Gasteiger partial charge in [0, 0.05) is 24.7 Å². The molecule has 0 spiro atoms. The topological polar surface area (TPSA) is 24.1 Å². The van der Waals surface area contributed by atoms with Crippen molar-refractivity contribution in [3.63, 3.8) is 0 Å². The molecule has 2 rings (SSSR count). The molecule has 2 N–H and O–H groups in total. The van der Waals surface area contributed by atoms with Gasteiger partial charge in [-0.05, 0) is 11.8 Å². The highest BCUT2D eigenvalue weighted by Gasteiger charge is 2.43. The monoisotopic (exact) mass is 154 g/mol. The Morgan fingerprint density at radius 1 is 1.27 bits per heavy atom. The smallest absolute Gasteiger partial charge is 0.0273 e. The standard InChI is InChI=1S/C9H18N2/c1-9(2,3)8-7-4-6(11-8)5-10-7/h6-8,10-11H,4-5H2,1-3H3. The lowest BCUT2D eigenvalue weighted by molar-refractivity contribution is 0.232. The molecule has 2 saturated heterocycles. The summed E-state index contributed by atoms with van der Waals surface area (Å²) < 4.78 is 0. The van der Waals surface area contributed by atoms with Crippen LogP contribution in [0.25, 0.3) is 0 Å². The second kappa shape index (κ2) is 2.20. The largest absolute Gasteiger partial charge is 0.311 e. The number of hydrogen-bond donors (Lipinski definition) is 2. The second-order valence-electron chi connectivity index (χ2n) is 4.96. The van der Waals surface area contributed by atoms with E-state index in [1.54, 1.807) is 0 Å². The van der Waals surface area contributed by atoms with Gasteiger partial charge in [-0.2, -0.15) is 0 Å². The lowest BCUT2D eigenvalue weighted by Gasteiger charge is -2.35. The van der Waals surface area contributed by atoms with Crippen LogP contribution >= 0.6 is 0 Å². The maximum absolute atomic E-state index is 3.67. The van der Waals surface area contributed by atoms with E-state index in [4.69, 9.17) is 0 Å². The Bertz CT molecular complexity index is 159. The van der Waals surface area contributed by atoms with E-state index < -0.39 is 0 Å². The fourth-order valence-corrected chi connectivity index (χ4v) is 2.37. The van der Waals surface area contributed by atoms with Crippen molar-refractivity contribution in [1.29, 1.82) is 0 Å². The van der Waals surface area contributed by atoms with Gasteiger partial charge >= 0.3 is 0 Å². The summed E-state index contributed by atoms with van der Waals surface area (Å²) in [5.74, 6) is 0. The Morgan fingerprint density at radius 3 is 2.27 bits per heavy atom. The molecule has 2 heteroatoms. The van der Waals surface area contributed by atoms with Gasteiger partial charge in [0.05, 0.1) is 0 Å². The van der Waals surface area contributed by atoms with Crippen molar-refractivity contribution in [3.8, 4) is 0 Å². The molecule has 0 saturated carbocycles. The Labute approximate surface area is 68.7 Å². The summed E-state index contributed by atoms with van der Waals surface area (Å²) in [6.07, 6.45) is 1.34. The predicted octanol–water partition coefficient (Wildman–Crippen LogP) is 0.735. The van der Waals surface area contributed by atoms with Crippen LogP contribution in [0, 0.1) is 5.41 Å². The normalized spacial score (nSPS) is 43.4. The maximum Gasteiger partial charge on any atom is 0.0273 e. The van der Waals surface area contributed by atoms with Crippen molar-refractivity contribution in [2.45, 2.75) is 45.3 Å². The summed E-state index contributed by atoms with van der Waals surface area (Å²) in [6.45, 7) is 8.12. The molecule has 0 aromatic rings. The SMILES string of the molecule is CC(C)(C)C1NC2CNC1C2. The highest BCUT2D eigenvalue weighted by atomic mass is 15.2. The minimum absolute atomic E-state index is 0.410. The van der Waals surface area contributed by atoms with Crippen LogP contribution in [0.15, 0.2) is 0 Å². The summed E-state index contributed by atoms with van der Waals surface area (Å²) in [4.78, 5) is 0. The van der Waals surface area contributed by atoms with E-state index in [-0.39, 0.29) is 0 Å². The van der Waals surface area contributed by atoms with Gasteiger partial charge in [-0.3, -0.25) is 0 Å². The first-order chi connectivity index (χ1) is 5.07. The average Bonchev–Trinajstić information content (AvgIpc) is 2.42. The molecule has 0 radical (unpaired) electrons. The molecular formula is C9H18N2. The summed E-state index contributed by atoms with van der Waals surface area (Å²) >= 11 is 0. The van der Waals surface area contributed by atoms with E-state index in [0.717, 1.165) is 12.1 Å². The van der Waals surface area contributed by atoms with Gasteiger partial charge in [0.25, 0.3) is 0 Å². The number of rotatable bonds is 0. The van der Waals surface area contributed by atoms with E-state index in [1.807, 2.05) is 0 Å². The highest BCUT2D eigenvalue weighted by molar-refractivity contribution is 5.06. The third-order valence-corrected chi connectivity index (χ3v) is 2.92.